The molecule has 7 N–H and O–H groups in total. The predicted molar refractivity (Wildman–Crippen MR) is 85.0 cm³/mol. The average molecular weight is 397 g/mol. The zero-order chi connectivity index (χ0) is 20.3. The molecule has 1 amide bonds. The summed E-state index contributed by atoms with van der Waals surface area (Å²) in [5.41, 5.74) is 0. The van der Waals surface area contributed by atoms with Gasteiger partial charge in [0, 0.05) is 14.0 Å². The Labute approximate surface area is 155 Å². The minimum Gasteiger partial charge on any atom is -0.394 e. The van der Waals surface area contributed by atoms with Gasteiger partial charge in [0.15, 0.2) is 12.6 Å². The summed E-state index contributed by atoms with van der Waals surface area (Å²) in [4.78, 5) is 11.4. The lowest BCUT2D eigenvalue weighted by atomic mass is 9.96. The fourth-order valence-electron chi connectivity index (χ4n) is 3.05. The molecule has 0 saturated carbocycles. The third-order valence-corrected chi connectivity index (χ3v) is 4.58. The van der Waals surface area contributed by atoms with E-state index >= 15 is 0 Å². The van der Waals surface area contributed by atoms with Crippen molar-refractivity contribution in [1.82, 2.24) is 5.32 Å². The molecule has 0 spiro atoms. The number of amides is 1. The summed E-state index contributed by atoms with van der Waals surface area (Å²) in [6.45, 7) is 0.222. The largest absolute Gasteiger partial charge is 0.394 e. The Bertz CT molecular complexity index is 492. The first-order chi connectivity index (χ1) is 12.7. The van der Waals surface area contributed by atoms with Gasteiger partial charge >= 0.3 is 0 Å². The molecule has 2 aliphatic rings. The van der Waals surface area contributed by atoms with Crippen LogP contribution in [0.5, 0.6) is 0 Å². The van der Waals surface area contributed by atoms with Crippen molar-refractivity contribution in [1.29, 1.82) is 0 Å². The van der Waals surface area contributed by atoms with Crippen molar-refractivity contribution in [2.75, 3.05) is 20.3 Å². The molecule has 0 aromatic carbocycles. The number of aliphatic hydroxyl groups excluding tert-OH is 6. The zero-order valence-electron chi connectivity index (χ0n) is 14.9. The first-order valence-electron chi connectivity index (χ1n) is 8.44. The Morgan fingerprint density at radius 2 is 1.52 bits per heavy atom. The normalized spacial score (nSPS) is 45.5. The molecule has 10 atom stereocenters. The molecule has 12 heteroatoms. The lowest BCUT2D eigenvalue weighted by Gasteiger charge is -2.44. The number of nitrogens with one attached hydrogen (secondary N) is 1. The number of rotatable bonds is 6. The van der Waals surface area contributed by atoms with E-state index < -0.39 is 73.9 Å². The Balaban J connectivity index is 2.07. The third-order valence-electron chi connectivity index (χ3n) is 4.58. The van der Waals surface area contributed by atoms with Crippen LogP contribution in [0.15, 0.2) is 0 Å². The maximum absolute atomic E-state index is 11.4. The van der Waals surface area contributed by atoms with Crippen molar-refractivity contribution in [3.8, 4) is 0 Å². The molecular formula is C15H27NO11. The molecule has 12 nitrogen and oxygen atoms in total. The van der Waals surface area contributed by atoms with E-state index in [1.54, 1.807) is 0 Å². The van der Waals surface area contributed by atoms with Crippen LogP contribution in [-0.4, -0.2) is 118 Å². The highest BCUT2D eigenvalue weighted by Crippen LogP contribution is 2.25. The van der Waals surface area contributed by atoms with Gasteiger partial charge < -0.3 is 54.9 Å². The molecule has 0 radical (unpaired) electrons. The van der Waals surface area contributed by atoms with E-state index in [0.29, 0.717) is 0 Å². The minimum atomic E-state index is -1.55. The van der Waals surface area contributed by atoms with Crippen LogP contribution < -0.4 is 5.32 Å². The quantitative estimate of drug-likeness (QED) is 0.228. The summed E-state index contributed by atoms with van der Waals surface area (Å²) in [5.74, 6) is -0.516. The van der Waals surface area contributed by atoms with Crippen LogP contribution in [0.1, 0.15) is 6.92 Å². The summed E-state index contributed by atoms with van der Waals surface area (Å²) in [7, 11) is 1.25. The molecule has 27 heavy (non-hydrogen) atoms. The molecule has 0 aromatic rings. The molecule has 2 rings (SSSR count). The highest BCUT2D eigenvalue weighted by atomic mass is 16.7. The number of hydrogen-bond acceptors (Lipinski definition) is 11. The van der Waals surface area contributed by atoms with E-state index in [2.05, 4.69) is 5.32 Å². The summed E-state index contributed by atoms with van der Waals surface area (Å²) in [6.07, 6.45) is -12.2. The summed E-state index contributed by atoms with van der Waals surface area (Å²) in [5, 5.41) is 61.5. The number of ether oxygens (including phenoxy) is 4. The maximum atomic E-state index is 11.4. The average Bonchev–Trinajstić information content (AvgIpc) is 2.64. The molecule has 0 aromatic heterocycles. The van der Waals surface area contributed by atoms with Crippen LogP contribution in [0.4, 0.5) is 0 Å². The summed E-state index contributed by atoms with van der Waals surface area (Å²) >= 11 is 0. The Kier molecular flexibility index (Phi) is 7.88. The third kappa shape index (κ3) is 4.92. The van der Waals surface area contributed by atoms with Crippen molar-refractivity contribution in [3.63, 3.8) is 0 Å². The Hall–Kier alpha value is -0.930. The second kappa shape index (κ2) is 9.52. The molecule has 158 valence electrons. The van der Waals surface area contributed by atoms with Crippen molar-refractivity contribution < 1.29 is 54.4 Å². The van der Waals surface area contributed by atoms with Crippen LogP contribution in [-0.2, 0) is 23.7 Å². The first kappa shape index (κ1) is 22.4. The Morgan fingerprint density at radius 1 is 0.926 bits per heavy atom. The van der Waals surface area contributed by atoms with Crippen molar-refractivity contribution in [3.05, 3.63) is 0 Å². The SMILES string of the molecule is CO[C@H]1O[C@H](CO[C@@H]2O[C@H](CO)[C@H](O)[C@H](O)[C@@H]2NC(C)=O)[C@@H](O)[C@H](O)[C@H]1O. The van der Waals surface area contributed by atoms with Gasteiger partial charge in [-0.05, 0) is 0 Å². The Morgan fingerprint density at radius 3 is 2.07 bits per heavy atom. The van der Waals surface area contributed by atoms with Gasteiger partial charge in [0.1, 0.15) is 48.8 Å². The molecule has 2 saturated heterocycles. The molecule has 2 heterocycles. The van der Waals surface area contributed by atoms with E-state index in [0.717, 1.165) is 0 Å². The molecule has 2 fully saturated rings. The van der Waals surface area contributed by atoms with Crippen LogP contribution in [0.25, 0.3) is 0 Å². The standard InChI is InChI=1S/C15H27NO11/c1-5(18)16-8-11(21)9(19)6(3-17)26-14(8)25-4-7-10(20)12(22)13(23)15(24-2)27-7/h6-15,17,19-23H,3-4H2,1-2H3,(H,16,18)/t6-,7-,8+,9+,10-,11-,12+,13-,14-,15+/m1/s1. The predicted octanol–water partition coefficient (Wildman–Crippen LogP) is -4.60. The number of carbonyl (C=O) groups excluding carboxylic acids is 1. The van der Waals surface area contributed by atoms with Crippen LogP contribution in [0.2, 0.25) is 0 Å². The van der Waals surface area contributed by atoms with Crippen molar-refractivity contribution >= 4 is 5.91 Å². The van der Waals surface area contributed by atoms with Gasteiger partial charge in [0.2, 0.25) is 5.91 Å². The van der Waals surface area contributed by atoms with Crippen molar-refractivity contribution in [2.24, 2.45) is 0 Å². The van der Waals surface area contributed by atoms with Gasteiger partial charge in [0.25, 0.3) is 0 Å². The van der Waals surface area contributed by atoms with E-state index in [9.17, 15) is 35.4 Å². The highest BCUT2D eigenvalue weighted by Gasteiger charge is 2.47. The molecule has 0 unspecified atom stereocenters. The molecular weight excluding hydrogens is 370 g/mol. The lowest BCUT2D eigenvalue weighted by Crippen LogP contribution is -2.65. The van der Waals surface area contributed by atoms with E-state index in [1.807, 2.05) is 0 Å². The smallest absolute Gasteiger partial charge is 0.217 e. The molecule has 0 aliphatic carbocycles. The minimum absolute atomic E-state index is 0.369. The van der Waals surface area contributed by atoms with Crippen LogP contribution in [0.3, 0.4) is 0 Å². The second-order valence-corrected chi connectivity index (χ2v) is 6.52. The lowest BCUT2D eigenvalue weighted by molar-refractivity contribution is -0.316. The van der Waals surface area contributed by atoms with Gasteiger partial charge in [-0.2, -0.15) is 0 Å². The van der Waals surface area contributed by atoms with Crippen LogP contribution in [0, 0.1) is 0 Å². The molecule has 2 aliphatic heterocycles. The van der Waals surface area contributed by atoms with Crippen LogP contribution >= 0.6 is 0 Å². The van der Waals surface area contributed by atoms with Gasteiger partial charge in [-0.1, -0.05) is 0 Å². The van der Waals surface area contributed by atoms with E-state index in [-0.39, 0.29) is 6.61 Å². The highest BCUT2D eigenvalue weighted by molar-refractivity contribution is 5.73. The fourth-order valence-corrected chi connectivity index (χ4v) is 3.05. The van der Waals surface area contributed by atoms with Gasteiger partial charge in [-0.25, -0.2) is 0 Å². The number of methoxy groups -OCH3 is 1. The van der Waals surface area contributed by atoms with Crippen molar-refractivity contribution in [2.45, 2.75) is 68.3 Å². The number of carbonyl (C=O) groups is 1. The van der Waals surface area contributed by atoms with E-state index in [4.69, 9.17) is 18.9 Å². The molecule has 0 bridgehead atoms. The summed E-state index contributed by atoms with van der Waals surface area (Å²) in [6, 6.07) is -1.16. The topological polar surface area (TPSA) is 187 Å². The van der Waals surface area contributed by atoms with Gasteiger partial charge in [-0.15, -0.1) is 0 Å². The zero-order valence-corrected chi connectivity index (χ0v) is 14.9. The first-order valence-corrected chi connectivity index (χ1v) is 8.44. The maximum Gasteiger partial charge on any atom is 0.217 e. The fraction of sp³-hybridized carbons (Fsp3) is 0.933. The van der Waals surface area contributed by atoms with E-state index in [1.165, 1.54) is 14.0 Å². The van der Waals surface area contributed by atoms with Gasteiger partial charge in [-0.3, -0.25) is 4.79 Å². The second-order valence-electron chi connectivity index (χ2n) is 6.52. The monoisotopic (exact) mass is 397 g/mol. The summed E-state index contributed by atoms with van der Waals surface area (Å²) < 4.78 is 21.1. The van der Waals surface area contributed by atoms with Gasteiger partial charge in [0.05, 0.1) is 13.2 Å². The number of hydrogen-bond donors (Lipinski definition) is 7. The number of aliphatic hydroxyl groups is 6.